The number of aliphatic hydroxyl groups is 1. The van der Waals surface area contributed by atoms with Crippen LogP contribution in [0.15, 0.2) is 29.2 Å². The average molecular weight is 685 g/mol. The molecule has 0 fully saturated rings. The first-order valence-electron chi connectivity index (χ1n) is 18.6. The molecule has 1 aromatic rings. The predicted octanol–water partition coefficient (Wildman–Crippen LogP) is 10.1. The maximum absolute atomic E-state index is 12.0. The first-order valence-corrected chi connectivity index (χ1v) is 20.1. The molecule has 274 valence electrons. The third kappa shape index (κ3) is 29.9. The quantitative estimate of drug-likeness (QED) is 0.0485. The number of rotatable bonds is 29. The zero-order valence-corrected chi connectivity index (χ0v) is 30.8. The second kappa shape index (κ2) is 31.3. The number of ether oxygens (including phenoxy) is 2. The molecule has 0 aliphatic heterocycles. The van der Waals surface area contributed by atoms with Crippen LogP contribution < -0.4 is 0 Å². The molecule has 0 aliphatic rings. The molecule has 0 spiro atoms. The summed E-state index contributed by atoms with van der Waals surface area (Å²) in [7, 11) is -4.02. The molecule has 0 amide bonds. The van der Waals surface area contributed by atoms with Gasteiger partial charge in [-0.05, 0) is 31.9 Å². The summed E-state index contributed by atoms with van der Waals surface area (Å²) in [5.41, 5.74) is 0.956. The molecular formula is C38H68O8S. The highest BCUT2D eigenvalue weighted by Gasteiger charge is 2.16. The molecule has 0 aliphatic carbocycles. The monoisotopic (exact) mass is 684 g/mol. The van der Waals surface area contributed by atoms with Crippen molar-refractivity contribution < 1.29 is 37.1 Å². The van der Waals surface area contributed by atoms with Crippen LogP contribution in [0.5, 0.6) is 0 Å². The Kier molecular flexibility index (Phi) is 30.0. The Hall–Kier alpha value is -1.97. The highest BCUT2D eigenvalue weighted by Crippen LogP contribution is 2.14. The molecule has 0 radical (unpaired) electrons. The number of hydrogen-bond donors (Lipinski definition) is 2. The molecule has 0 aromatic heterocycles. The van der Waals surface area contributed by atoms with Crippen molar-refractivity contribution in [1.82, 2.24) is 0 Å². The summed E-state index contributed by atoms with van der Waals surface area (Å²) in [4.78, 5) is 23.9. The van der Waals surface area contributed by atoms with Crippen LogP contribution in [0.25, 0.3) is 0 Å². The van der Waals surface area contributed by atoms with E-state index < -0.39 is 16.2 Å². The highest BCUT2D eigenvalue weighted by atomic mass is 32.2. The number of unbranched alkanes of at least 4 members (excludes halogenated alkanes) is 20. The van der Waals surface area contributed by atoms with Gasteiger partial charge in [-0.3, -0.25) is 14.1 Å². The lowest BCUT2D eigenvalue weighted by Gasteiger charge is -2.15. The van der Waals surface area contributed by atoms with Gasteiger partial charge in [0.2, 0.25) is 0 Å². The molecule has 8 nitrogen and oxygen atoms in total. The molecule has 47 heavy (non-hydrogen) atoms. The van der Waals surface area contributed by atoms with Crippen LogP contribution in [-0.4, -0.2) is 49.3 Å². The molecule has 2 N–H and O–H groups in total. The van der Waals surface area contributed by atoms with E-state index in [2.05, 4.69) is 13.8 Å². The Bertz CT molecular complexity index is 978. The molecule has 9 heteroatoms. The third-order valence-corrected chi connectivity index (χ3v) is 9.09. The van der Waals surface area contributed by atoms with Crippen molar-refractivity contribution in [2.45, 2.75) is 186 Å². The van der Waals surface area contributed by atoms with Gasteiger partial charge >= 0.3 is 11.9 Å². The molecule has 1 rings (SSSR count). The van der Waals surface area contributed by atoms with E-state index in [1.54, 1.807) is 12.1 Å². The van der Waals surface area contributed by atoms with Gasteiger partial charge in [0.1, 0.15) is 6.61 Å². The number of benzene rings is 1. The van der Waals surface area contributed by atoms with Gasteiger partial charge < -0.3 is 14.6 Å². The average Bonchev–Trinajstić information content (AvgIpc) is 3.04. The number of carbonyl (C=O) groups is 2. The van der Waals surface area contributed by atoms with Gasteiger partial charge in [0, 0.05) is 12.8 Å². The fraction of sp³-hybridized carbons (Fsp3) is 0.789. The summed E-state index contributed by atoms with van der Waals surface area (Å²) in [5, 5.41) is 9.46. The zero-order chi connectivity index (χ0) is 35.0. The standard InChI is InChI=1S/C31H60O5.C7H8O3S/c1-3-5-7-9-11-13-15-17-19-21-23-25-30(33)35-28-29(27-32)36-31(34)26-24-22-20-18-16-14-12-10-8-6-4-2;1-6-2-4-7(5-3-6)11(8,9)10/h29,32H,3-28H2,1-2H3;2-5H,1H3,(H,8,9,10). The van der Waals surface area contributed by atoms with Crippen molar-refractivity contribution in [3.05, 3.63) is 29.8 Å². The minimum atomic E-state index is -4.02. The zero-order valence-electron chi connectivity index (χ0n) is 30.0. The summed E-state index contributed by atoms with van der Waals surface area (Å²) in [6, 6.07) is 5.99. The third-order valence-electron chi connectivity index (χ3n) is 8.22. The van der Waals surface area contributed by atoms with E-state index in [4.69, 9.17) is 14.0 Å². The van der Waals surface area contributed by atoms with Crippen LogP contribution in [0.2, 0.25) is 0 Å². The lowest BCUT2D eigenvalue weighted by Crippen LogP contribution is -2.28. The SMILES string of the molecule is CCCCCCCCCCCCCC(=O)OCC(CO)OC(=O)CCCCCCCCCCCCC.Cc1ccc(S(=O)(=O)O)cc1. The van der Waals surface area contributed by atoms with Crippen LogP contribution in [0.3, 0.4) is 0 Å². The van der Waals surface area contributed by atoms with Gasteiger partial charge in [-0.2, -0.15) is 8.42 Å². The predicted molar refractivity (Wildman–Crippen MR) is 191 cm³/mol. The fourth-order valence-corrected chi connectivity index (χ4v) is 5.68. The minimum Gasteiger partial charge on any atom is -0.462 e. The van der Waals surface area contributed by atoms with Crippen molar-refractivity contribution in [3.8, 4) is 0 Å². The van der Waals surface area contributed by atoms with E-state index in [0.717, 1.165) is 44.1 Å². The number of aliphatic hydroxyl groups excluding tert-OH is 1. The Balaban J connectivity index is 0.00000160. The van der Waals surface area contributed by atoms with Crippen molar-refractivity contribution in [1.29, 1.82) is 0 Å². The second-order valence-corrected chi connectivity index (χ2v) is 14.3. The van der Waals surface area contributed by atoms with Crippen molar-refractivity contribution in [2.75, 3.05) is 13.2 Å². The topological polar surface area (TPSA) is 127 Å². The van der Waals surface area contributed by atoms with Crippen molar-refractivity contribution in [3.63, 3.8) is 0 Å². The number of hydrogen-bond acceptors (Lipinski definition) is 7. The van der Waals surface area contributed by atoms with E-state index in [-0.39, 0.29) is 30.0 Å². The minimum absolute atomic E-state index is 0.0582. The maximum Gasteiger partial charge on any atom is 0.306 e. The van der Waals surface area contributed by atoms with Crippen LogP contribution in [-0.2, 0) is 29.2 Å². The van der Waals surface area contributed by atoms with Crippen LogP contribution in [0.4, 0.5) is 0 Å². The van der Waals surface area contributed by atoms with Gasteiger partial charge in [0.15, 0.2) is 6.10 Å². The Morgan fingerprint density at radius 1 is 0.617 bits per heavy atom. The van der Waals surface area contributed by atoms with Crippen LogP contribution >= 0.6 is 0 Å². The summed E-state index contributed by atoms with van der Waals surface area (Å²) in [6.07, 6.45) is 27.2. The van der Waals surface area contributed by atoms with Gasteiger partial charge in [0.25, 0.3) is 10.1 Å². The molecule has 1 unspecified atom stereocenters. The van der Waals surface area contributed by atoms with E-state index in [1.807, 2.05) is 6.92 Å². The Morgan fingerprint density at radius 2 is 0.979 bits per heavy atom. The van der Waals surface area contributed by atoms with Gasteiger partial charge in [-0.25, -0.2) is 0 Å². The fourth-order valence-electron chi connectivity index (χ4n) is 5.20. The van der Waals surface area contributed by atoms with Crippen LogP contribution in [0, 0.1) is 6.92 Å². The van der Waals surface area contributed by atoms with E-state index in [1.165, 1.54) is 115 Å². The summed E-state index contributed by atoms with van der Waals surface area (Å²) in [5.74, 6) is -0.586. The van der Waals surface area contributed by atoms with Gasteiger partial charge in [-0.15, -0.1) is 0 Å². The molecule has 1 atom stereocenters. The Morgan fingerprint density at radius 3 is 1.34 bits per heavy atom. The molecule has 0 saturated heterocycles. The van der Waals surface area contributed by atoms with Crippen molar-refractivity contribution in [2.24, 2.45) is 0 Å². The lowest BCUT2D eigenvalue weighted by atomic mass is 10.1. The van der Waals surface area contributed by atoms with Crippen LogP contribution in [0.1, 0.15) is 174 Å². The smallest absolute Gasteiger partial charge is 0.306 e. The maximum atomic E-state index is 12.0. The van der Waals surface area contributed by atoms with Gasteiger partial charge in [0.05, 0.1) is 11.5 Å². The van der Waals surface area contributed by atoms with E-state index >= 15 is 0 Å². The summed E-state index contributed by atoms with van der Waals surface area (Å²) >= 11 is 0. The second-order valence-electron chi connectivity index (χ2n) is 12.8. The molecular weight excluding hydrogens is 616 g/mol. The number of aryl methyl sites for hydroxylation is 1. The molecule has 1 aromatic carbocycles. The molecule has 0 heterocycles. The normalized spacial score (nSPS) is 11.9. The summed E-state index contributed by atoms with van der Waals surface area (Å²) in [6.45, 7) is 5.95. The highest BCUT2D eigenvalue weighted by molar-refractivity contribution is 7.85. The first kappa shape index (κ1) is 45.0. The summed E-state index contributed by atoms with van der Waals surface area (Å²) < 4.78 is 40.1. The van der Waals surface area contributed by atoms with Crippen molar-refractivity contribution >= 4 is 22.1 Å². The first-order chi connectivity index (χ1) is 22.6. The van der Waals surface area contributed by atoms with E-state index in [0.29, 0.717) is 12.8 Å². The largest absolute Gasteiger partial charge is 0.462 e. The number of esters is 2. The Labute approximate surface area is 287 Å². The molecule has 0 bridgehead atoms. The lowest BCUT2D eigenvalue weighted by molar-refractivity contribution is -0.161. The molecule has 0 saturated carbocycles. The van der Waals surface area contributed by atoms with E-state index in [9.17, 15) is 23.1 Å². The number of carbonyl (C=O) groups excluding carboxylic acids is 2. The van der Waals surface area contributed by atoms with Gasteiger partial charge in [-0.1, -0.05) is 160 Å².